The molecule has 0 atom stereocenters. The Hall–Kier alpha value is -3.06. The van der Waals surface area contributed by atoms with Gasteiger partial charge in [0.1, 0.15) is 22.3 Å². The molecule has 0 bridgehead atoms. The minimum Gasteiger partial charge on any atom is -0.378 e. The second-order valence-corrected chi connectivity index (χ2v) is 11.4. The van der Waals surface area contributed by atoms with Crippen molar-refractivity contribution in [3.8, 4) is 21.8 Å². The summed E-state index contributed by atoms with van der Waals surface area (Å²) in [5.74, 6) is -3.79. The first-order chi connectivity index (χ1) is 17.7. The third-order valence-electron chi connectivity index (χ3n) is 5.63. The van der Waals surface area contributed by atoms with E-state index < -0.39 is 37.9 Å². The second kappa shape index (κ2) is 10.4. The number of halogens is 4. The average Bonchev–Trinajstić information content (AvgIpc) is 3.31. The summed E-state index contributed by atoms with van der Waals surface area (Å²) in [5.41, 5.74) is 0.793. The minimum absolute atomic E-state index is 0.00278. The third-order valence-corrected chi connectivity index (χ3v) is 8.67. The Morgan fingerprint density at radius 2 is 1.73 bits per heavy atom. The van der Waals surface area contributed by atoms with Crippen LogP contribution in [0.4, 0.5) is 18.3 Å². The lowest BCUT2D eigenvalue weighted by Gasteiger charge is -2.26. The van der Waals surface area contributed by atoms with Crippen molar-refractivity contribution < 1.29 is 26.3 Å². The van der Waals surface area contributed by atoms with E-state index in [4.69, 9.17) is 16.3 Å². The van der Waals surface area contributed by atoms with Crippen molar-refractivity contribution in [2.24, 2.45) is 0 Å². The van der Waals surface area contributed by atoms with Gasteiger partial charge in [0.2, 0.25) is 5.28 Å². The number of ether oxygens (including phenoxy) is 1. The van der Waals surface area contributed by atoms with Crippen LogP contribution in [0.3, 0.4) is 0 Å². The Kier molecular flexibility index (Phi) is 7.17. The van der Waals surface area contributed by atoms with Crippen LogP contribution >= 0.6 is 22.9 Å². The summed E-state index contributed by atoms with van der Waals surface area (Å²) in [6, 6.07) is 8.10. The fourth-order valence-corrected chi connectivity index (χ4v) is 6.67. The smallest absolute Gasteiger partial charge is 0.222 e. The lowest BCUT2D eigenvalue weighted by Crippen LogP contribution is -2.36. The Morgan fingerprint density at radius 3 is 2.43 bits per heavy atom. The van der Waals surface area contributed by atoms with Gasteiger partial charge in [0.25, 0.3) is 0 Å². The van der Waals surface area contributed by atoms with Crippen LogP contribution in [0.15, 0.2) is 53.6 Å². The van der Waals surface area contributed by atoms with E-state index in [1.165, 1.54) is 29.7 Å². The Labute approximate surface area is 219 Å². The number of hydrogen-bond acceptors (Lipinski definition) is 8. The van der Waals surface area contributed by atoms with E-state index in [-0.39, 0.29) is 22.1 Å². The number of nitrogens with zero attached hydrogens (tertiary/aromatic N) is 4. The maximum Gasteiger partial charge on any atom is 0.222 e. The average molecular weight is 567 g/mol. The van der Waals surface area contributed by atoms with Crippen LogP contribution < -0.4 is 4.90 Å². The number of sulfone groups is 1. The van der Waals surface area contributed by atoms with Gasteiger partial charge in [-0.3, -0.25) is 0 Å². The van der Waals surface area contributed by atoms with E-state index in [9.17, 15) is 17.2 Å². The van der Waals surface area contributed by atoms with Crippen LogP contribution in [0.5, 0.6) is 0 Å². The molecule has 1 saturated heterocycles. The van der Waals surface area contributed by atoms with Crippen molar-refractivity contribution in [2.75, 3.05) is 31.2 Å². The molecule has 37 heavy (non-hydrogen) atoms. The Bertz CT molecular complexity index is 1560. The van der Waals surface area contributed by atoms with E-state index in [0.717, 1.165) is 24.3 Å². The monoisotopic (exact) mass is 566 g/mol. The van der Waals surface area contributed by atoms with Gasteiger partial charge in [0.15, 0.2) is 15.0 Å². The van der Waals surface area contributed by atoms with E-state index >= 15 is 4.39 Å². The van der Waals surface area contributed by atoms with E-state index in [2.05, 4.69) is 15.0 Å². The molecule has 0 aliphatic carbocycles. The summed E-state index contributed by atoms with van der Waals surface area (Å²) in [6.45, 7) is 2.20. The summed E-state index contributed by atoms with van der Waals surface area (Å²) in [5, 5.41) is 0.603. The number of morpholine rings is 1. The molecule has 13 heteroatoms. The van der Waals surface area contributed by atoms with Gasteiger partial charge in [-0.1, -0.05) is 23.5 Å². The molecule has 7 nitrogen and oxygen atoms in total. The molecule has 0 N–H and O–H groups in total. The summed E-state index contributed by atoms with van der Waals surface area (Å²) in [4.78, 5) is 14.3. The standard InChI is InChI=1S/C24H18ClF3N4O3S2/c25-23-29-7-6-19(30-23)21-20(31-24(36-21)32-8-10-35-11-9-32)15-12-14(4-5-16(15)26)13-37(33,34)22-17(27)2-1-3-18(22)28/h1-7,12H,8-11,13H2. The summed E-state index contributed by atoms with van der Waals surface area (Å²) >= 11 is 7.27. The molecule has 3 heterocycles. The first kappa shape index (κ1) is 25.6. The number of hydrogen-bond donors (Lipinski definition) is 0. The maximum absolute atomic E-state index is 15.2. The summed E-state index contributed by atoms with van der Waals surface area (Å²) in [6.07, 6.45) is 1.46. The molecule has 0 radical (unpaired) electrons. The molecule has 0 amide bonds. The van der Waals surface area contributed by atoms with Crippen LogP contribution in [-0.2, 0) is 20.3 Å². The predicted octanol–water partition coefficient (Wildman–Crippen LogP) is 5.15. The van der Waals surface area contributed by atoms with Crippen molar-refractivity contribution in [2.45, 2.75) is 10.6 Å². The predicted molar refractivity (Wildman–Crippen MR) is 134 cm³/mol. The molecule has 2 aromatic heterocycles. The van der Waals surface area contributed by atoms with Gasteiger partial charge >= 0.3 is 0 Å². The van der Waals surface area contributed by atoms with Crippen LogP contribution in [-0.4, -0.2) is 49.7 Å². The van der Waals surface area contributed by atoms with Gasteiger partial charge in [-0.2, -0.15) is 0 Å². The van der Waals surface area contributed by atoms with Gasteiger partial charge in [-0.25, -0.2) is 36.5 Å². The molecule has 1 fully saturated rings. The number of benzene rings is 2. The van der Waals surface area contributed by atoms with Crippen molar-refractivity contribution in [3.05, 3.63) is 77.0 Å². The first-order valence-electron chi connectivity index (χ1n) is 11.0. The minimum atomic E-state index is -4.42. The van der Waals surface area contributed by atoms with E-state index in [0.29, 0.717) is 42.0 Å². The molecule has 4 aromatic rings. The van der Waals surface area contributed by atoms with Gasteiger partial charge in [0, 0.05) is 24.8 Å². The molecule has 1 aliphatic rings. The third kappa shape index (κ3) is 5.33. The maximum atomic E-state index is 15.2. The highest BCUT2D eigenvalue weighted by atomic mass is 35.5. The normalized spacial score (nSPS) is 14.2. The summed E-state index contributed by atoms with van der Waals surface area (Å²) in [7, 11) is -4.42. The number of aromatic nitrogens is 3. The zero-order valence-corrected chi connectivity index (χ0v) is 21.4. The molecular weight excluding hydrogens is 549 g/mol. The number of anilines is 1. The number of thiazole rings is 1. The second-order valence-electron chi connectivity index (χ2n) is 8.11. The van der Waals surface area contributed by atoms with Crippen LogP contribution in [0, 0.1) is 17.5 Å². The van der Waals surface area contributed by atoms with Gasteiger partial charge in [-0.05, 0) is 47.5 Å². The van der Waals surface area contributed by atoms with Crippen molar-refractivity contribution >= 4 is 37.9 Å². The van der Waals surface area contributed by atoms with Crippen LogP contribution in [0.2, 0.25) is 5.28 Å². The van der Waals surface area contributed by atoms with Crippen molar-refractivity contribution in [3.63, 3.8) is 0 Å². The zero-order valence-electron chi connectivity index (χ0n) is 19.0. The quantitative estimate of drug-likeness (QED) is 0.298. The highest BCUT2D eigenvalue weighted by molar-refractivity contribution is 7.90. The largest absolute Gasteiger partial charge is 0.378 e. The molecule has 192 valence electrons. The lowest BCUT2D eigenvalue weighted by atomic mass is 10.1. The molecule has 2 aromatic carbocycles. The molecular formula is C24H18ClF3N4O3S2. The Morgan fingerprint density at radius 1 is 1.00 bits per heavy atom. The Balaban J connectivity index is 1.59. The summed E-state index contributed by atoms with van der Waals surface area (Å²) < 4.78 is 74.7. The molecule has 5 rings (SSSR count). The van der Waals surface area contributed by atoms with Gasteiger partial charge < -0.3 is 9.64 Å². The van der Waals surface area contributed by atoms with Crippen LogP contribution in [0.25, 0.3) is 21.8 Å². The molecule has 1 aliphatic heterocycles. The lowest BCUT2D eigenvalue weighted by molar-refractivity contribution is 0.122. The first-order valence-corrected chi connectivity index (χ1v) is 13.9. The highest BCUT2D eigenvalue weighted by Crippen LogP contribution is 2.41. The SMILES string of the molecule is O=S(=O)(Cc1ccc(F)c(-c2nc(N3CCOCC3)sc2-c2ccnc(Cl)n2)c1)c1c(F)cccc1F. The van der Waals surface area contributed by atoms with Gasteiger partial charge in [0.05, 0.1) is 35.2 Å². The zero-order chi connectivity index (χ0) is 26.2. The van der Waals surface area contributed by atoms with E-state index in [1.807, 2.05) is 4.90 Å². The van der Waals surface area contributed by atoms with E-state index in [1.54, 1.807) is 6.07 Å². The van der Waals surface area contributed by atoms with Crippen molar-refractivity contribution in [1.29, 1.82) is 0 Å². The molecule has 0 unspecified atom stereocenters. The molecule has 0 spiro atoms. The van der Waals surface area contributed by atoms with Gasteiger partial charge in [-0.15, -0.1) is 0 Å². The topological polar surface area (TPSA) is 85.3 Å². The molecule has 0 saturated carbocycles. The van der Waals surface area contributed by atoms with Crippen molar-refractivity contribution in [1.82, 2.24) is 15.0 Å². The number of rotatable bonds is 6. The fraction of sp³-hybridized carbons (Fsp3) is 0.208. The van der Waals surface area contributed by atoms with Crippen LogP contribution in [0.1, 0.15) is 5.56 Å². The highest BCUT2D eigenvalue weighted by Gasteiger charge is 2.27. The fourth-order valence-electron chi connectivity index (χ4n) is 3.93.